The maximum absolute atomic E-state index is 2.38. The van der Waals surface area contributed by atoms with Crippen molar-refractivity contribution >= 4 is 16.5 Å². The summed E-state index contributed by atoms with van der Waals surface area (Å²) in [6, 6.07) is 13.9. The summed E-state index contributed by atoms with van der Waals surface area (Å²) in [5, 5.41) is 2.74. The molecule has 29 heavy (non-hydrogen) atoms. The molecule has 2 aliphatic rings. The van der Waals surface area contributed by atoms with Crippen LogP contribution in [-0.4, -0.2) is 39.1 Å². The van der Waals surface area contributed by atoms with Crippen LogP contribution in [0.1, 0.15) is 18.4 Å². The summed E-state index contributed by atoms with van der Waals surface area (Å²) >= 11 is 0. The molecule has 0 radical (unpaired) electrons. The molecule has 0 saturated heterocycles. The van der Waals surface area contributed by atoms with Crippen LogP contribution in [0.2, 0.25) is 0 Å². The Hall–Kier alpha value is -2.58. The van der Waals surface area contributed by atoms with Gasteiger partial charge in [-0.15, -0.1) is 0 Å². The molecular formula is C27H32N2. The molecule has 2 unspecified atom stereocenters. The Labute approximate surface area is 175 Å². The van der Waals surface area contributed by atoms with Gasteiger partial charge in [0.25, 0.3) is 0 Å². The van der Waals surface area contributed by atoms with E-state index in [0.717, 1.165) is 12.8 Å². The van der Waals surface area contributed by atoms with Crippen molar-refractivity contribution in [3.8, 4) is 0 Å². The lowest BCUT2D eigenvalue weighted by atomic mass is 9.79. The molecule has 0 heterocycles. The molecule has 2 atom stereocenters. The lowest BCUT2D eigenvalue weighted by Gasteiger charge is -2.34. The molecule has 0 amide bonds. The minimum Gasteiger partial charge on any atom is -0.377 e. The minimum atomic E-state index is 0.456. The number of fused-ring (bicyclic) bond motifs is 2. The summed E-state index contributed by atoms with van der Waals surface area (Å²) in [5.74, 6) is 0.482. The van der Waals surface area contributed by atoms with Crippen LogP contribution in [0, 0.1) is 5.92 Å². The third-order valence-electron chi connectivity index (χ3n) is 6.26. The van der Waals surface area contributed by atoms with Crippen LogP contribution in [-0.2, 0) is 6.42 Å². The van der Waals surface area contributed by atoms with Crippen LogP contribution in [0.3, 0.4) is 0 Å². The zero-order valence-electron chi connectivity index (χ0n) is 18.1. The lowest BCUT2D eigenvalue weighted by Crippen LogP contribution is -2.35. The lowest BCUT2D eigenvalue weighted by molar-refractivity contribution is 0.302. The van der Waals surface area contributed by atoms with Crippen molar-refractivity contribution in [1.29, 1.82) is 0 Å². The summed E-state index contributed by atoms with van der Waals surface area (Å²) in [7, 11) is 8.58. The number of nitrogens with zero attached hydrogens (tertiary/aromatic N) is 2. The Morgan fingerprint density at radius 1 is 0.793 bits per heavy atom. The molecule has 4 rings (SSSR count). The maximum atomic E-state index is 2.38. The summed E-state index contributed by atoms with van der Waals surface area (Å²) in [6.07, 6.45) is 17.2. The van der Waals surface area contributed by atoms with Gasteiger partial charge in [0.05, 0.1) is 0 Å². The largest absolute Gasteiger partial charge is 0.377 e. The second kappa shape index (κ2) is 8.42. The molecule has 2 heteroatoms. The number of hydrogen-bond acceptors (Lipinski definition) is 2. The van der Waals surface area contributed by atoms with E-state index in [4.69, 9.17) is 0 Å². The summed E-state index contributed by atoms with van der Waals surface area (Å²) in [4.78, 5) is 4.52. The van der Waals surface area contributed by atoms with Crippen molar-refractivity contribution < 1.29 is 0 Å². The van der Waals surface area contributed by atoms with Crippen molar-refractivity contribution in [2.75, 3.05) is 33.1 Å². The first-order valence-corrected chi connectivity index (χ1v) is 10.7. The van der Waals surface area contributed by atoms with E-state index < -0.39 is 0 Å². The second-order valence-electron chi connectivity index (χ2n) is 8.60. The number of aryl methyl sites for hydroxylation is 1. The van der Waals surface area contributed by atoms with Gasteiger partial charge in [-0.1, -0.05) is 66.8 Å². The van der Waals surface area contributed by atoms with Crippen molar-refractivity contribution in [1.82, 2.24) is 4.90 Å². The number of allylic oxidation sites excluding steroid dienone is 5. The summed E-state index contributed by atoms with van der Waals surface area (Å²) in [5.41, 5.74) is 5.75. The molecule has 0 N–H and O–H groups in total. The Morgan fingerprint density at radius 3 is 2.34 bits per heavy atom. The smallest absolute Gasteiger partial charge is 0.0440 e. The van der Waals surface area contributed by atoms with Crippen molar-refractivity contribution in [3.05, 3.63) is 89.6 Å². The fraction of sp³-hybridized carbons (Fsp3) is 0.333. The first-order valence-electron chi connectivity index (χ1n) is 10.7. The summed E-state index contributed by atoms with van der Waals surface area (Å²) < 4.78 is 0. The van der Waals surface area contributed by atoms with Crippen LogP contribution in [0.25, 0.3) is 10.8 Å². The van der Waals surface area contributed by atoms with E-state index in [1.54, 1.807) is 0 Å². The van der Waals surface area contributed by atoms with Crippen LogP contribution < -0.4 is 4.90 Å². The topological polar surface area (TPSA) is 6.48 Å². The van der Waals surface area contributed by atoms with Crippen molar-refractivity contribution in [3.63, 3.8) is 0 Å². The van der Waals surface area contributed by atoms with Gasteiger partial charge >= 0.3 is 0 Å². The molecule has 2 aliphatic carbocycles. The van der Waals surface area contributed by atoms with E-state index >= 15 is 0 Å². The third-order valence-corrected chi connectivity index (χ3v) is 6.26. The van der Waals surface area contributed by atoms with Gasteiger partial charge in [-0.25, -0.2) is 0 Å². The monoisotopic (exact) mass is 384 g/mol. The normalized spacial score (nSPS) is 20.6. The average Bonchev–Trinajstić information content (AvgIpc) is 2.73. The number of hydrogen-bond donors (Lipinski definition) is 0. The molecule has 0 aromatic heterocycles. The number of likely N-dealkylation sites (N-methyl/N-ethyl adjacent to an activating group) is 1. The SMILES string of the molecule is CN(C)c1ccc(CCCC2=C3C=CC=CC3C(N(C)C)C=C2)c2ccccc12. The highest BCUT2D eigenvalue weighted by Crippen LogP contribution is 2.35. The van der Waals surface area contributed by atoms with E-state index in [0.29, 0.717) is 12.0 Å². The number of anilines is 1. The Morgan fingerprint density at radius 2 is 1.59 bits per heavy atom. The molecular weight excluding hydrogens is 352 g/mol. The Balaban J connectivity index is 1.53. The van der Waals surface area contributed by atoms with Crippen LogP contribution in [0.15, 0.2) is 84.0 Å². The van der Waals surface area contributed by atoms with Gasteiger partial charge in [0, 0.05) is 37.1 Å². The quantitative estimate of drug-likeness (QED) is 0.624. The van der Waals surface area contributed by atoms with Gasteiger partial charge in [0.15, 0.2) is 0 Å². The van der Waals surface area contributed by atoms with E-state index in [2.05, 4.69) is 111 Å². The first kappa shape index (κ1) is 19.7. The fourth-order valence-corrected chi connectivity index (χ4v) is 4.75. The molecule has 2 aromatic carbocycles. The number of benzene rings is 2. The molecule has 0 saturated carbocycles. The van der Waals surface area contributed by atoms with Gasteiger partial charge in [0.1, 0.15) is 0 Å². The van der Waals surface area contributed by atoms with Crippen molar-refractivity contribution in [2.45, 2.75) is 25.3 Å². The van der Waals surface area contributed by atoms with Gasteiger partial charge in [-0.2, -0.15) is 0 Å². The molecule has 2 aromatic rings. The molecule has 0 spiro atoms. The highest BCUT2D eigenvalue weighted by Gasteiger charge is 2.27. The predicted molar refractivity (Wildman–Crippen MR) is 127 cm³/mol. The highest BCUT2D eigenvalue weighted by atomic mass is 15.1. The minimum absolute atomic E-state index is 0.456. The van der Waals surface area contributed by atoms with Gasteiger partial charge in [0.2, 0.25) is 0 Å². The average molecular weight is 385 g/mol. The fourth-order valence-electron chi connectivity index (χ4n) is 4.75. The molecule has 0 bridgehead atoms. The third kappa shape index (κ3) is 3.95. The Kier molecular flexibility index (Phi) is 5.73. The van der Waals surface area contributed by atoms with E-state index in [-0.39, 0.29) is 0 Å². The van der Waals surface area contributed by atoms with Crippen LogP contribution in [0.4, 0.5) is 5.69 Å². The standard InChI is InChI=1S/C27H32N2/c1-28(2)26-18-16-20(22-12-5-7-14-24(22)26)10-9-11-21-17-19-27(29(3)4)25-15-8-6-13-23(21)25/h5-8,12-19,24,26H,9-11H2,1-4H3. The maximum Gasteiger partial charge on any atom is 0.0440 e. The second-order valence-corrected chi connectivity index (χ2v) is 8.60. The molecule has 0 fully saturated rings. The predicted octanol–water partition coefficient (Wildman–Crippen LogP) is 5.77. The summed E-state index contributed by atoms with van der Waals surface area (Å²) in [6.45, 7) is 0. The van der Waals surface area contributed by atoms with Crippen LogP contribution in [0.5, 0.6) is 0 Å². The Bertz CT molecular complexity index is 1000. The van der Waals surface area contributed by atoms with E-state index in [1.807, 2.05) is 0 Å². The van der Waals surface area contributed by atoms with Gasteiger partial charge in [-0.3, -0.25) is 0 Å². The number of rotatable bonds is 6. The zero-order chi connectivity index (χ0) is 20.4. The molecule has 150 valence electrons. The van der Waals surface area contributed by atoms with E-state index in [1.165, 1.54) is 39.6 Å². The zero-order valence-corrected chi connectivity index (χ0v) is 18.1. The van der Waals surface area contributed by atoms with Crippen molar-refractivity contribution in [2.24, 2.45) is 5.92 Å². The highest BCUT2D eigenvalue weighted by molar-refractivity contribution is 5.96. The van der Waals surface area contributed by atoms with Gasteiger partial charge < -0.3 is 9.80 Å². The first-order chi connectivity index (χ1) is 14.1. The van der Waals surface area contributed by atoms with Crippen LogP contribution >= 0.6 is 0 Å². The van der Waals surface area contributed by atoms with E-state index in [9.17, 15) is 0 Å². The molecule has 2 nitrogen and oxygen atoms in total. The molecule has 0 aliphatic heterocycles. The van der Waals surface area contributed by atoms with Gasteiger partial charge in [-0.05, 0) is 61.5 Å².